The molecule has 3 aromatic rings. The summed E-state index contributed by atoms with van der Waals surface area (Å²) in [6.07, 6.45) is 0. The number of carbonyl (C=O) groups is 2. The average molecular weight is 460 g/mol. The first-order valence-electron chi connectivity index (χ1n) is 11.2. The summed E-state index contributed by atoms with van der Waals surface area (Å²) in [5, 5.41) is 2.93. The molecule has 0 unspecified atom stereocenters. The van der Waals surface area contributed by atoms with E-state index in [1.54, 1.807) is 6.07 Å². The van der Waals surface area contributed by atoms with Gasteiger partial charge in [0.25, 0.3) is 5.91 Å². The van der Waals surface area contributed by atoms with Gasteiger partial charge in [-0.1, -0.05) is 60.7 Å². The van der Waals surface area contributed by atoms with Crippen molar-refractivity contribution < 1.29 is 9.59 Å². The lowest BCUT2D eigenvalue weighted by Gasteiger charge is -2.26. The van der Waals surface area contributed by atoms with Gasteiger partial charge in [-0.25, -0.2) is 0 Å². The lowest BCUT2D eigenvalue weighted by molar-refractivity contribution is -0.117. The van der Waals surface area contributed by atoms with Gasteiger partial charge in [0.15, 0.2) is 0 Å². The second-order valence-electron chi connectivity index (χ2n) is 8.27. The van der Waals surface area contributed by atoms with Crippen molar-refractivity contribution in [2.45, 2.75) is 6.54 Å². The molecule has 1 aliphatic heterocycles. The zero-order valence-electron chi connectivity index (χ0n) is 18.9. The van der Waals surface area contributed by atoms with Gasteiger partial charge in [0.1, 0.15) is 0 Å². The molecule has 0 saturated carbocycles. The van der Waals surface area contributed by atoms with E-state index in [1.165, 1.54) is 11.1 Å². The lowest BCUT2D eigenvalue weighted by Crippen LogP contribution is -2.37. The van der Waals surface area contributed by atoms with E-state index < -0.39 is 0 Å². The third-order valence-corrected chi connectivity index (χ3v) is 6.56. The van der Waals surface area contributed by atoms with Crippen molar-refractivity contribution in [3.8, 4) is 11.1 Å². The molecule has 0 bridgehead atoms. The zero-order chi connectivity index (χ0) is 23.0. The first kappa shape index (κ1) is 23.1. The molecule has 0 radical (unpaired) electrons. The predicted octanol–water partition coefficient (Wildman–Crippen LogP) is 4.61. The van der Waals surface area contributed by atoms with Gasteiger partial charge >= 0.3 is 0 Å². The Morgan fingerprint density at radius 1 is 0.909 bits per heavy atom. The van der Waals surface area contributed by atoms with Crippen molar-refractivity contribution in [2.75, 3.05) is 43.5 Å². The minimum absolute atomic E-state index is 0.0301. The van der Waals surface area contributed by atoms with Crippen LogP contribution in [0.25, 0.3) is 11.1 Å². The highest BCUT2D eigenvalue weighted by Crippen LogP contribution is 2.20. The summed E-state index contributed by atoms with van der Waals surface area (Å²) >= 11 is 1.87. The standard InChI is InChI=1S/C27H29N3O2S/c1-29(19-21-10-12-23(13-11-21)22-6-3-2-4-7-22)20-26(31)28-25-9-5-8-24(18-25)27(32)30-14-16-33-17-15-30/h2-13,18H,14-17,19-20H2,1H3,(H,28,31). The number of thioether (sulfide) groups is 1. The van der Waals surface area contributed by atoms with E-state index in [2.05, 4.69) is 41.7 Å². The second kappa shape index (κ2) is 11.2. The number of anilines is 1. The van der Waals surface area contributed by atoms with E-state index in [0.29, 0.717) is 17.8 Å². The Morgan fingerprint density at radius 3 is 2.33 bits per heavy atom. The summed E-state index contributed by atoms with van der Waals surface area (Å²) in [6, 6.07) is 25.9. The Kier molecular flexibility index (Phi) is 7.81. The topological polar surface area (TPSA) is 52.7 Å². The quantitative estimate of drug-likeness (QED) is 0.561. The van der Waals surface area contributed by atoms with Crippen LogP contribution in [-0.2, 0) is 11.3 Å². The normalized spacial score (nSPS) is 13.7. The van der Waals surface area contributed by atoms with Crippen LogP contribution in [0.2, 0.25) is 0 Å². The van der Waals surface area contributed by atoms with Crippen molar-refractivity contribution in [3.63, 3.8) is 0 Å². The summed E-state index contributed by atoms with van der Waals surface area (Å²) in [6.45, 7) is 2.49. The van der Waals surface area contributed by atoms with Crippen LogP contribution in [0, 0.1) is 0 Å². The van der Waals surface area contributed by atoms with Gasteiger partial charge in [0, 0.05) is 42.4 Å². The number of rotatable bonds is 7. The highest BCUT2D eigenvalue weighted by molar-refractivity contribution is 7.99. The van der Waals surface area contributed by atoms with E-state index in [9.17, 15) is 9.59 Å². The van der Waals surface area contributed by atoms with Crippen LogP contribution in [0.15, 0.2) is 78.9 Å². The van der Waals surface area contributed by atoms with Crippen LogP contribution < -0.4 is 5.32 Å². The molecule has 2 amide bonds. The predicted molar refractivity (Wildman–Crippen MR) is 137 cm³/mol. The fourth-order valence-corrected chi connectivity index (χ4v) is 4.83. The highest BCUT2D eigenvalue weighted by atomic mass is 32.2. The molecule has 1 saturated heterocycles. The Labute approximate surface area is 199 Å². The molecule has 1 N–H and O–H groups in total. The number of carbonyl (C=O) groups excluding carboxylic acids is 2. The number of benzene rings is 3. The molecule has 6 heteroatoms. The Bertz CT molecular complexity index is 1080. The molecular formula is C27H29N3O2S. The van der Waals surface area contributed by atoms with Crippen molar-refractivity contribution in [3.05, 3.63) is 90.0 Å². The minimum Gasteiger partial charge on any atom is -0.337 e. The molecule has 3 aromatic carbocycles. The fourth-order valence-electron chi connectivity index (χ4n) is 3.93. The Hall–Kier alpha value is -3.09. The maximum atomic E-state index is 12.7. The molecule has 170 valence electrons. The SMILES string of the molecule is CN(CC(=O)Nc1cccc(C(=O)N2CCSCC2)c1)Cc1ccc(-c2ccccc2)cc1. The smallest absolute Gasteiger partial charge is 0.253 e. The molecule has 33 heavy (non-hydrogen) atoms. The molecule has 5 nitrogen and oxygen atoms in total. The molecule has 1 heterocycles. The maximum Gasteiger partial charge on any atom is 0.253 e. The summed E-state index contributed by atoms with van der Waals surface area (Å²) in [4.78, 5) is 29.2. The highest BCUT2D eigenvalue weighted by Gasteiger charge is 2.19. The fraction of sp³-hybridized carbons (Fsp3) is 0.259. The molecule has 1 aliphatic rings. The first-order valence-corrected chi connectivity index (χ1v) is 12.3. The van der Waals surface area contributed by atoms with E-state index in [1.807, 2.05) is 65.0 Å². The van der Waals surface area contributed by atoms with Crippen molar-refractivity contribution >= 4 is 29.3 Å². The van der Waals surface area contributed by atoms with Gasteiger partial charge in [-0.05, 0) is 41.9 Å². The number of hydrogen-bond acceptors (Lipinski definition) is 4. The van der Waals surface area contributed by atoms with E-state index in [-0.39, 0.29) is 18.4 Å². The van der Waals surface area contributed by atoms with Crippen LogP contribution in [0.5, 0.6) is 0 Å². The van der Waals surface area contributed by atoms with Gasteiger partial charge in [0.05, 0.1) is 6.54 Å². The largest absolute Gasteiger partial charge is 0.337 e. The molecule has 0 spiro atoms. The lowest BCUT2D eigenvalue weighted by atomic mass is 10.0. The number of hydrogen-bond donors (Lipinski definition) is 1. The van der Waals surface area contributed by atoms with Crippen LogP contribution in [-0.4, -0.2) is 59.8 Å². The molecular weight excluding hydrogens is 430 g/mol. The van der Waals surface area contributed by atoms with E-state index in [0.717, 1.165) is 30.2 Å². The van der Waals surface area contributed by atoms with Crippen LogP contribution >= 0.6 is 11.8 Å². The molecule has 0 aliphatic carbocycles. The zero-order valence-corrected chi connectivity index (χ0v) is 19.7. The van der Waals surface area contributed by atoms with Crippen molar-refractivity contribution in [1.82, 2.24) is 9.80 Å². The molecule has 1 fully saturated rings. The summed E-state index contributed by atoms with van der Waals surface area (Å²) in [5.74, 6) is 1.88. The third-order valence-electron chi connectivity index (χ3n) is 5.62. The number of likely N-dealkylation sites (N-methyl/N-ethyl adjacent to an activating group) is 1. The van der Waals surface area contributed by atoms with Crippen molar-refractivity contribution in [2.24, 2.45) is 0 Å². The summed E-state index contributed by atoms with van der Waals surface area (Å²) in [7, 11) is 1.93. The second-order valence-corrected chi connectivity index (χ2v) is 9.49. The monoisotopic (exact) mass is 459 g/mol. The van der Waals surface area contributed by atoms with Crippen molar-refractivity contribution in [1.29, 1.82) is 0 Å². The van der Waals surface area contributed by atoms with Crippen LogP contribution in [0.3, 0.4) is 0 Å². The summed E-state index contributed by atoms with van der Waals surface area (Å²) < 4.78 is 0. The van der Waals surface area contributed by atoms with E-state index in [4.69, 9.17) is 0 Å². The maximum absolute atomic E-state index is 12.7. The van der Waals surface area contributed by atoms with Gasteiger partial charge in [-0.15, -0.1) is 0 Å². The Morgan fingerprint density at radius 2 is 1.61 bits per heavy atom. The summed E-state index contributed by atoms with van der Waals surface area (Å²) in [5.41, 5.74) is 4.79. The average Bonchev–Trinajstić information content (AvgIpc) is 2.85. The van der Waals surface area contributed by atoms with Gasteiger partial charge in [-0.3, -0.25) is 14.5 Å². The van der Waals surface area contributed by atoms with Crippen LogP contribution in [0.4, 0.5) is 5.69 Å². The minimum atomic E-state index is -0.0997. The molecule has 4 rings (SSSR count). The van der Waals surface area contributed by atoms with Gasteiger partial charge in [0.2, 0.25) is 5.91 Å². The molecule has 0 aromatic heterocycles. The van der Waals surface area contributed by atoms with E-state index >= 15 is 0 Å². The molecule has 0 atom stereocenters. The van der Waals surface area contributed by atoms with Gasteiger partial charge < -0.3 is 10.2 Å². The number of nitrogens with zero attached hydrogens (tertiary/aromatic N) is 2. The van der Waals surface area contributed by atoms with Crippen LogP contribution in [0.1, 0.15) is 15.9 Å². The number of nitrogens with one attached hydrogen (secondary N) is 1. The number of amides is 2. The third kappa shape index (κ3) is 6.46. The Balaban J connectivity index is 1.30. The van der Waals surface area contributed by atoms with Gasteiger partial charge in [-0.2, -0.15) is 11.8 Å². The first-order chi connectivity index (χ1) is 16.1.